The topological polar surface area (TPSA) is 32.3 Å². The lowest BCUT2D eigenvalue weighted by Crippen LogP contribution is -2.37. The van der Waals surface area contributed by atoms with Crippen LogP contribution in [0.1, 0.15) is 59.3 Å². The van der Waals surface area contributed by atoms with E-state index in [9.17, 15) is 5.11 Å². The van der Waals surface area contributed by atoms with Crippen molar-refractivity contribution in [3.8, 4) is 0 Å². The van der Waals surface area contributed by atoms with Crippen molar-refractivity contribution in [1.29, 1.82) is 0 Å². The highest BCUT2D eigenvalue weighted by Gasteiger charge is 2.09. The molecule has 80 valence electrons. The molecule has 0 rings (SSSR count). The predicted molar refractivity (Wildman–Crippen MR) is 57.7 cm³/mol. The summed E-state index contributed by atoms with van der Waals surface area (Å²) in [6.07, 6.45) is 6.40. The van der Waals surface area contributed by atoms with Crippen LogP contribution < -0.4 is 5.32 Å². The van der Waals surface area contributed by atoms with E-state index in [4.69, 9.17) is 0 Å². The van der Waals surface area contributed by atoms with Crippen molar-refractivity contribution in [1.82, 2.24) is 5.32 Å². The minimum absolute atomic E-state index is 0.299. The molecule has 2 heteroatoms. The second-order valence-corrected chi connectivity index (χ2v) is 3.72. The van der Waals surface area contributed by atoms with Gasteiger partial charge in [-0.05, 0) is 19.3 Å². The van der Waals surface area contributed by atoms with Gasteiger partial charge in [-0.3, -0.25) is 5.32 Å². The maximum atomic E-state index is 9.54. The highest BCUT2D eigenvalue weighted by atomic mass is 16.3. The Kier molecular flexibility index (Phi) is 8.46. The first kappa shape index (κ1) is 12.9. The van der Waals surface area contributed by atoms with Gasteiger partial charge in [0.15, 0.2) is 0 Å². The Balaban J connectivity index is 3.56. The quantitative estimate of drug-likeness (QED) is 0.573. The second kappa shape index (κ2) is 8.52. The molecular weight excluding hydrogens is 162 g/mol. The lowest BCUT2D eigenvalue weighted by atomic mass is 10.1. The fraction of sp³-hybridized carbons (Fsp3) is 1.00. The molecule has 0 bridgehead atoms. The van der Waals surface area contributed by atoms with Crippen LogP contribution in [0.4, 0.5) is 0 Å². The van der Waals surface area contributed by atoms with Gasteiger partial charge in [0.25, 0.3) is 0 Å². The van der Waals surface area contributed by atoms with E-state index in [2.05, 4.69) is 26.1 Å². The first-order valence-corrected chi connectivity index (χ1v) is 5.68. The molecule has 0 heterocycles. The first-order chi connectivity index (χ1) is 6.24. The van der Waals surface area contributed by atoms with E-state index >= 15 is 0 Å². The lowest BCUT2D eigenvalue weighted by molar-refractivity contribution is 0.109. The predicted octanol–water partition coefficient (Wildman–Crippen LogP) is 2.66. The molecule has 0 aliphatic rings. The van der Waals surface area contributed by atoms with Gasteiger partial charge >= 0.3 is 0 Å². The third-order valence-electron chi connectivity index (χ3n) is 2.39. The zero-order valence-electron chi connectivity index (χ0n) is 9.34. The average Bonchev–Trinajstić information content (AvgIpc) is 2.12. The zero-order chi connectivity index (χ0) is 10.1. The van der Waals surface area contributed by atoms with Crippen LogP contribution in [0, 0.1) is 0 Å². The smallest absolute Gasteiger partial charge is 0.105 e. The molecule has 0 spiro atoms. The van der Waals surface area contributed by atoms with Crippen LogP contribution in [-0.4, -0.2) is 17.4 Å². The third kappa shape index (κ3) is 7.03. The number of rotatable bonds is 8. The number of nitrogens with one attached hydrogen (secondary N) is 1. The van der Waals surface area contributed by atoms with E-state index in [0.717, 1.165) is 19.3 Å². The largest absolute Gasteiger partial charge is 0.379 e. The van der Waals surface area contributed by atoms with Crippen molar-refractivity contribution in [3.63, 3.8) is 0 Å². The van der Waals surface area contributed by atoms with Gasteiger partial charge in [0.1, 0.15) is 6.23 Å². The van der Waals surface area contributed by atoms with E-state index in [1.807, 2.05) is 0 Å². The first-order valence-electron chi connectivity index (χ1n) is 5.68. The summed E-state index contributed by atoms with van der Waals surface area (Å²) in [6, 6.07) is 0.501. The van der Waals surface area contributed by atoms with Crippen LogP contribution in [0.2, 0.25) is 0 Å². The summed E-state index contributed by atoms with van der Waals surface area (Å²) in [5.41, 5.74) is 0. The molecule has 2 N–H and O–H groups in total. The summed E-state index contributed by atoms with van der Waals surface area (Å²) < 4.78 is 0. The van der Waals surface area contributed by atoms with Crippen molar-refractivity contribution in [2.75, 3.05) is 0 Å². The van der Waals surface area contributed by atoms with Gasteiger partial charge in [0.2, 0.25) is 0 Å². The van der Waals surface area contributed by atoms with Crippen LogP contribution in [-0.2, 0) is 0 Å². The fourth-order valence-corrected chi connectivity index (χ4v) is 1.48. The van der Waals surface area contributed by atoms with Gasteiger partial charge in [-0.2, -0.15) is 0 Å². The molecule has 0 aromatic heterocycles. The number of aliphatic hydroxyl groups excluding tert-OH is 1. The van der Waals surface area contributed by atoms with Crippen LogP contribution in [0.25, 0.3) is 0 Å². The molecule has 0 fully saturated rings. The zero-order valence-corrected chi connectivity index (χ0v) is 9.34. The maximum Gasteiger partial charge on any atom is 0.105 e. The molecule has 0 amide bonds. The molecule has 0 aromatic carbocycles. The van der Waals surface area contributed by atoms with Crippen molar-refractivity contribution in [3.05, 3.63) is 0 Å². The molecule has 13 heavy (non-hydrogen) atoms. The molecule has 0 aliphatic heterocycles. The summed E-state index contributed by atoms with van der Waals surface area (Å²) in [7, 11) is 0. The Labute approximate surface area is 82.7 Å². The van der Waals surface area contributed by atoms with Crippen molar-refractivity contribution in [2.45, 2.75) is 71.6 Å². The van der Waals surface area contributed by atoms with Gasteiger partial charge in [-0.25, -0.2) is 0 Å². The Morgan fingerprint density at radius 1 is 1.08 bits per heavy atom. The fourth-order valence-electron chi connectivity index (χ4n) is 1.48. The molecule has 0 aromatic rings. The van der Waals surface area contributed by atoms with E-state index < -0.39 is 0 Å². The van der Waals surface area contributed by atoms with Crippen molar-refractivity contribution in [2.24, 2.45) is 0 Å². The second-order valence-electron chi connectivity index (χ2n) is 3.72. The molecule has 0 aliphatic carbocycles. The molecule has 0 radical (unpaired) electrons. The molecule has 2 nitrogen and oxygen atoms in total. The standard InChI is InChI=1S/C11H25NO/c1-4-7-9-10(6-3)12-11(13)8-5-2/h10-13H,4-9H2,1-3H3. The van der Waals surface area contributed by atoms with Gasteiger partial charge in [0, 0.05) is 6.04 Å². The Morgan fingerprint density at radius 3 is 2.23 bits per heavy atom. The average molecular weight is 187 g/mol. The summed E-state index contributed by atoms with van der Waals surface area (Å²) in [5.74, 6) is 0. The molecule has 2 atom stereocenters. The van der Waals surface area contributed by atoms with E-state index in [1.54, 1.807) is 0 Å². The monoisotopic (exact) mass is 187 g/mol. The SMILES string of the molecule is CCCCC(CC)NC(O)CCC. The molecular formula is C11H25NO. The van der Waals surface area contributed by atoms with Crippen molar-refractivity contribution < 1.29 is 5.11 Å². The highest BCUT2D eigenvalue weighted by Crippen LogP contribution is 2.06. The Hall–Kier alpha value is -0.0800. The van der Waals surface area contributed by atoms with E-state index in [1.165, 1.54) is 19.3 Å². The summed E-state index contributed by atoms with van der Waals surface area (Å²) >= 11 is 0. The lowest BCUT2D eigenvalue weighted by Gasteiger charge is -2.20. The summed E-state index contributed by atoms with van der Waals surface area (Å²) in [4.78, 5) is 0. The number of hydrogen-bond acceptors (Lipinski definition) is 2. The Bertz CT molecular complexity index is 106. The maximum absolute atomic E-state index is 9.54. The normalized spacial score (nSPS) is 15.7. The molecule has 0 saturated carbocycles. The van der Waals surface area contributed by atoms with E-state index in [-0.39, 0.29) is 6.23 Å². The summed E-state index contributed by atoms with van der Waals surface area (Å²) in [5, 5.41) is 12.8. The van der Waals surface area contributed by atoms with E-state index in [0.29, 0.717) is 6.04 Å². The third-order valence-corrected chi connectivity index (χ3v) is 2.39. The van der Waals surface area contributed by atoms with Crippen LogP contribution in [0.5, 0.6) is 0 Å². The van der Waals surface area contributed by atoms with Gasteiger partial charge in [0.05, 0.1) is 0 Å². The highest BCUT2D eigenvalue weighted by molar-refractivity contribution is 4.66. The summed E-state index contributed by atoms with van der Waals surface area (Å²) in [6.45, 7) is 6.47. The number of hydrogen-bond donors (Lipinski definition) is 2. The number of aliphatic hydroxyl groups is 1. The minimum atomic E-state index is -0.299. The van der Waals surface area contributed by atoms with Gasteiger partial charge in [-0.1, -0.05) is 40.0 Å². The van der Waals surface area contributed by atoms with Crippen LogP contribution >= 0.6 is 0 Å². The van der Waals surface area contributed by atoms with Gasteiger partial charge in [-0.15, -0.1) is 0 Å². The van der Waals surface area contributed by atoms with Crippen LogP contribution in [0.3, 0.4) is 0 Å². The Morgan fingerprint density at radius 2 is 1.77 bits per heavy atom. The molecule has 2 unspecified atom stereocenters. The van der Waals surface area contributed by atoms with Crippen molar-refractivity contribution >= 4 is 0 Å². The van der Waals surface area contributed by atoms with Crippen LogP contribution in [0.15, 0.2) is 0 Å². The minimum Gasteiger partial charge on any atom is -0.379 e. The molecule has 0 saturated heterocycles. The van der Waals surface area contributed by atoms with Gasteiger partial charge < -0.3 is 5.11 Å². The number of unbranched alkanes of at least 4 members (excludes halogenated alkanes) is 1.